The van der Waals surface area contributed by atoms with Crippen molar-refractivity contribution in [3.63, 3.8) is 0 Å². The van der Waals surface area contributed by atoms with Gasteiger partial charge < -0.3 is 9.88 Å². The van der Waals surface area contributed by atoms with Crippen molar-refractivity contribution < 1.29 is 0 Å². The van der Waals surface area contributed by atoms with Crippen LogP contribution in [0.5, 0.6) is 0 Å². The summed E-state index contributed by atoms with van der Waals surface area (Å²) < 4.78 is 5.16. The van der Waals surface area contributed by atoms with Crippen LogP contribution < -0.4 is 15.9 Å². The Morgan fingerprint density at radius 2 is 1.43 bits per heavy atom. The number of allylic oxidation sites excluding steroid dienone is 4. The van der Waals surface area contributed by atoms with Gasteiger partial charge in [-0.25, -0.2) is 9.98 Å². The Morgan fingerprint density at radius 3 is 2.29 bits per heavy atom. The molecule has 2 aromatic heterocycles. The van der Waals surface area contributed by atoms with Crippen molar-refractivity contribution in [2.75, 3.05) is 0 Å². The predicted molar refractivity (Wildman–Crippen MR) is 237 cm³/mol. The summed E-state index contributed by atoms with van der Waals surface area (Å²) in [4.78, 5) is 10.6. The van der Waals surface area contributed by atoms with Crippen LogP contribution in [-0.2, 0) is 0 Å². The van der Waals surface area contributed by atoms with E-state index in [0.29, 0.717) is 0 Å². The first kappa shape index (κ1) is 32.8. The van der Waals surface area contributed by atoms with E-state index in [1.807, 2.05) is 17.4 Å². The minimum atomic E-state index is -0.314. The van der Waals surface area contributed by atoms with Crippen LogP contribution in [0.3, 0.4) is 0 Å². The average molecular weight is 739 g/mol. The highest BCUT2D eigenvalue weighted by Crippen LogP contribution is 2.41. The zero-order valence-corrected chi connectivity index (χ0v) is 31.6. The minimum Gasteiger partial charge on any atom is -0.344 e. The summed E-state index contributed by atoms with van der Waals surface area (Å²) in [6, 6.07) is 50.2. The summed E-state index contributed by atoms with van der Waals surface area (Å²) in [5, 5.41) is 10.2. The lowest BCUT2D eigenvalue weighted by atomic mass is 9.95. The summed E-state index contributed by atoms with van der Waals surface area (Å²) in [6.45, 7) is 0. The van der Waals surface area contributed by atoms with Crippen LogP contribution in [0.15, 0.2) is 168 Å². The maximum absolute atomic E-state index is 5.36. The molecule has 0 fully saturated rings. The molecule has 1 unspecified atom stereocenters. The van der Waals surface area contributed by atoms with E-state index < -0.39 is 0 Å². The van der Waals surface area contributed by atoms with Crippen molar-refractivity contribution in [2.45, 2.75) is 31.8 Å². The van der Waals surface area contributed by atoms with Crippen LogP contribution in [-0.4, -0.2) is 16.2 Å². The van der Waals surface area contributed by atoms with Crippen molar-refractivity contribution in [3.8, 4) is 16.8 Å². The molecule has 56 heavy (non-hydrogen) atoms. The zero-order valence-electron chi connectivity index (χ0n) is 30.8. The molecule has 0 saturated carbocycles. The molecule has 268 valence electrons. The molecule has 0 spiro atoms. The van der Waals surface area contributed by atoms with Gasteiger partial charge in [0.15, 0.2) is 5.84 Å². The quantitative estimate of drug-likeness (QED) is 0.181. The van der Waals surface area contributed by atoms with Gasteiger partial charge in [0.1, 0.15) is 12.0 Å². The van der Waals surface area contributed by atoms with Gasteiger partial charge in [-0.1, -0.05) is 140 Å². The number of benzene rings is 6. The Hall–Kier alpha value is -6.56. The minimum absolute atomic E-state index is 0.314. The summed E-state index contributed by atoms with van der Waals surface area (Å²) in [5.41, 5.74) is 10.6. The first-order chi connectivity index (χ1) is 27.7. The second-order valence-electron chi connectivity index (χ2n) is 14.8. The number of nitrogens with zero attached hydrogens (tertiary/aromatic N) is 3. The van der Waals surface area contributed by atoms with Crippen molar-refractivity contribution >= 4 is 71.8 Å². The summed E-state index contributed by atoms with van der Waals surface area (Å²) in [7, 11) is 0. The number of nitrogens with one attached hydrogen (secondary N) is 1. The number of aromatic nitrogens is 1. The van der Waals surface area contributed by atoms with E-state index >= 15 is 0 Å². The van der Waals surface area contributed by atoms with Gasteiger partial charge in [0, 0.05) is 42.6 Å². The van der Waals surface area contributed by atoms with Crippen molar-refractivity contribution in [1.82, 2.24) is 9.88 Å². The highest BCUT2D eigenvalue weighted by Gasteiger charge is 2.24. The lowest BCUT2D eigenvalue weighted by Crippen LogP contribution is -2.33. The first-order valence-electron chi connectivity index (χ1n) is 19.6. The zero-order chi connectivity index (χ0) is 37.0. The lowest BCUT2D eigenvalue weighted by Gasteiger charge is -2.24. The normalized spacial score (nSPS) is 16.4. The Balaban J connectivity index is 1.13. The molecular formula is C51H38N4S. The molecule has 2 aliphatic carbocycles. The first-order valence-corrected chi connectivity index (χ1v) is 20.4. The second kappa shape index (κ2) is 13.6. The lowest BCUT2D eigenvalue weighted by molar-refractivity contribution is 0.674. The Morgan fingerprint density at radius 1 is 0.625 bits per heavy atom. The summed E-state index contributed by atoms with van der Waals surface area (Å²) in [5.74, 6) is 1.54. The molecule has 1 N–H and O–H groups in total. The van der Waals surface area contributed by atoms with Crippen LogP contribution in [0, 0.1) is 0 Å². The fourth-order valence-corrected chi connectivity index (χ4v) is 9.80. The maximum atomic E-state index is 5.36. The molecular weight excluding hydrogens is 701 g/mol. The molecule has 0 amide bonds. The van der Waals surface area contributed by atoms with Gasteiger partial charge in [-0.05, 0) is 83.8 Å². The second-order valence-corrected chi connectivity index (χ2v) is 15.9. The summed E-state index contributed by atoms with van der Waals surface area (Å²) >= 11 is 1.90. The van der Waals surface area contributed by atoms with Crippen molar-refractivity contribution in [2.24, 2.45) is 9.98 Å². The van der Waals surface area contributed by atoms with E-state index in [4.69, 9.17) is 9.98 Å². The molecule has 0 radical (unpaired) electrons. The van der Waals surface area contributed by atoms with Gasteiger partial charge >= 0.3 is 0 Å². The largest absolute Gasteiger partial charge is 0.344 e. The van der Waals surface area contributed by atoms with E-state index in [-0.39, 0.29) is 6.17 Å². The number of aliphatic imine (C=N–C) groups is 2. The van der Waals surface area contributed by atoms with Gasteiger partial charge in [-0.2, -0.15) is 0 Å². The van der Waals surface area contributed by atoms with Crippen LogP contribution in [0.1, 0.15) is 54.1 Å². The molecule has 11 rings (SSSR count). The van der Waals surface area contributed by atoms with Crippen molar-refractivity contribution in [1.29, 1.82) is 0 Å². The van der Waals surface area contributed by atoms with Crippen LogP contribution >= 0.6 is 11.3 Å². The van der Waals surface area contributed by atoms with Gasteiger partial charge in [-0.15, -0.1) is 11.3 Å². The number of thiophene rings is 1. The molecule has 4 nitrogen and oxygen atoms in total. The fraction of sp³-hybridized carbons (Fsp3) is 0.0980. The van der Waals surface area contributed by atoms with Gasteiger partial charge in [0.05, 0.1) is 15.9 Å². The molecule has 3 heterocycles. The number of hydrogen-bond donors (Lipinski definition) is 1. The molecule has 1 atom stereocenters. The Kier molecular flexibility index (Phi) is 7.99. The third-order valence-corrected chi connectivity index (χ3v) is 12.5. The van der Waals surface area contributed by atoms with Crippen LogP contribution in [0.25, 0.3) is 65.6 Å². The summed E-state index contributed by atoms with van der Waals surface area (Å²) in [6.07, 6.45) is 15.5. The number of amidine groups is 2. The molecule has 1 aliphatic heterocycles. The standard InChI is InChI=1S/C51H38N4S/c1-4-15-33(16-5-1)36-21-14-22-37(29-36)50-52-49(35-19-8-3-9-20-35)53-51(54-50)38-27-28-41-40-23-10-12-25-44(40)55(45(41)31-38)46-32-39(34-17-6-2-7-18-34)30-43-42-24-11-13-26-47(42)56-48(43)46/h1-6,8-9,11,13-17,19-32,50H,7,10,12,18H2,(H,52,53,54). The predicted octanol–water partition coefficient (Wildman–Crippen LogP) is 11.2. The SMILES string of the molecule is C1=CCCC(c2cc(-n3c4c(c5ccc(C6=NC(c7cccc(-c8ccccc8)c7)NC(c7ccccc7)=N6)cc53)=CCCC=4)c3sc4ccccc4c3c2)=C1. The average Bonchev–Trinajstić information content (AvgIpc) is 3.82. The smallest absolute Gasteiger partial charge is 0.159 e. The third kappa shape index (κ3) is 5.66. The fourth-order valence-electron chi connectivity index (χ4n) is 8.61. The van der Waals surface area contributed by atoms with Crippen LogP contribution in [0.4, 0.5) is 0 Å². The van der Waals surface area contributed by atoms with Gasteiger partial charge in [-0.3, -0.25) is 0 Å². The van der Waals surface area contributed by atoms with Gasteiger partial charge in [0.2, 0.25) is 0 Å². The number of rotatable bonds is 6. The molecule has 0 saturated heterocycles. The van der Waals surface area contributed by atoms with Crippen LogP contribution in [0.2, 0.25) is 0 Å². The van der Waals surface area contributed by atoms with Crippen molar-refractivity contribution in [3.05, 3.63) is 191 Å². The van der Waals surface area contributed by atoms with Gasteiger partial charge in [0.25, 0.3) is 0 Å². The van der Waals surface area contributed by atoms with E-state index in [1.54, 1.807) is 0 Å². The van der Waals surface area contributed by atoms with E-state index in [9.17, 15) is 0 Å². The molecule has 5 heteroatoms. The van der Waals surface area contributed by atoms with E-state index in [0.717, 1.165) is 59.6 Å². The number of hydrogen-bond acceptors (Lipinski definition) is 4. The molecule has 3 aliphatic rings. The third-order valence-electron chi connectivity index (χ3n) is 11.3. The number of fused-ring (bicyclic) bond motifs is 6. The Bertz CT molecular complexity index is 3110. The monoisotopic (exact) mass is 738 g/mol. The topological polar surface area (TPSA) is 41.7 Å². The highest BCUT2D eigenvalue weighted by molar-refractivity contribution is 7.26. The maximum Gasteiger partial charge on any atom is 0.159 e. The van der Waals surface area contributed by atoms with E-state index in [2.05, 4.69) is 174 Å². The molecule has 8 aromatic rings. The molecule has 6 aromatic carbocycles. The Labute approximate surface area is 329 Å². The molecule has 0 bridgehead atoms. The highest BCUT2D eigenvalue weighted by atomic mass is 32.1. The van der Waals surface area contributed by atoms with E-state index in [1.165, 1.54) is 64.0 Å².